The van der Waals surface area contributed by atoms with Crippen LogP contribution in [-0.2, 0) is 14.8 Å². The summed E-state index contributed by atoms with van der Waals surface area (Å²) in [6.07, 6.45) is 8.30. The number of amides is 2. The third-order valence-corrected chi connectivity index (χ3v) is 7.67. The van der Waals surface area contributed by atoms with E-state index in [0.717, 1.165) is 32.2 Å². The molecule has 0 radical (unpaired) electrons. The lowest BCUT2D eigenvalue weighted by Gasteiger charge is -2.23. The minimum atomic E-state index is -3.78. The van der Waals surface area contributed by atoms with Gasteiger partial charge in [0, 0.05) is 30.4 Å². The van der Waals surface area contributed by atoms with Gasteiger partial charge in [-0.3, -0.25) is 9.59 Å². The van der Waals surface area contributed by atoms with Gasteiger partial charge < -0.3 is 16.0 Å². The molecular weight excluding hydrogens is 428 g/mol. The zero-order valence-electron chi connectivity index (χ0n) is 19.1. The van der Waals surface area contributed by atoms with Crippen LogP contribution >= 0.6 is 0 Å². The molecule has 3 rings (SSSR count). The maximum absolute atomic E-state index is 13.0. The first-order valence-electron chi connectivity index (χ1n) is 11.7. The van der Waals surface area contributed by atoms with Crippen LogP contribution in [0.5, 0.6) is 0 Å². The van der Waals surface area contributed by atoms with E-state index in [1.165, 1.54) is 25.3 Å². The van der Waals surface area contributed by atoms with E-state index in [9.17, 15) is 18.0 Å². The molecule has 1 saturated heterocycles. The van der Waals surface area contributed by atoms with E-state index in [-0.39, 0.29) is 22.4 Å². The number of nitrogens with one attached hydrogen (secondary N) is 4. The molecule has 9 heteroatoms. The molecule has 1 aliphatic carbocycles. The largest absolute Gasteiger partial charge is 0.385 e. The van der Waals surface area contributed by atoms with Crippen LogP contribution in [0.1, 0.15) is 75.6 Å². The van der Waals surface area contributed by atoms with E-state index in [1.807, 2.05) is 0 Å². The zero-order chi connectivity index (χ0) is 23.1. The molecule has 1 aliphatic heterocycles. The van der Waals surface area contributed by atoms with Gasteiger partial charge in [0.15, 0.2) is 0 Å². The molecule has 2 amide bonds. The lowest BCUT2D eigenvalue weighted by molar-refractivity contribution is -0.122. The molecule has 2 aliphatic rings. The summed E-state index contributed by atoms with van der Waals surface area (Å²) in [6.45, 7) is 4.85. The molecule has 1 aromatic rings. The number of carbonyl (C=O) groups is 2. The Morgan fingerprint density at radius 3 is 2.50 bits per heavy atom. The fourth-order valence-corrected chi connectivity index (χ4v) is 5.66. The number of hydrogen-bond donors (Lipinski definition) is 4. The van der Waals surface area contributed by atoms with Gasteiger partial charge in [-0.05, 0) is 70.1 Å². The smallest absolute Gasteiger partial charge is 0.252 e. The Hall–Kier alpha value is -2.13. The van der Waals surface area contributed by atoms with Gasteiger partial charge >= 0.3 is 0 Å². The number of hydrogen-bond acceptors (Lipinski definition) is 5. The van der Waals surface area contributed by atoms with E-state index in [0.29, 0.717) is 24.6 Å². The van der Waals surface area contributed by atoms with Crippen molar-refractivity contribution < 1.29 is 18.0 Å². The summed E-state index contributed by atoms with van der Waals surface area (Å²) in [5, 5.41) is 8.93. The summed E-state index contributed by atoms with van der Waals surface area (Å²) in [7, 11) is -3.78. The number of sulfonamides is 1. The molecule has 0 spiro atoms. The van der Waals surface area contributed by atoms with Gasteiger partial charge in [0.25, 0.3) is 5.91 Å². The van der Waals surface area contributed by atoms with Gasteiger partial charge in [-0.15, -0.1) is 0 Å². The molecule has 1 heterocycles. The summed E-state index contributed by atoms with van der Waals surface area (Å²) >= 11 is 0. The van der Waals surface area contributed by atoms with E-state index in [4.69, 9.17) is 0 Å². The average Bonchev–Trinajstić information content (AvgIpc) is 2.96. The van der Waals surface area contributed by atoms with Crippen molar-refractivity contribution >= 4 is 27.5 Å². The number of carbonyl (C=O) groups excluding carboxylic acids is 2. The van der Waals surface area contributed by atoms with E-state index < -0.39 is 22.0 Å². The van der Waals surface area contributed by atoms with Crippen LogP contribution in [0.15, 0.2) is 23.1 Å². The molecular formula is C23H36N4O4S. The van der Waals surface area contributed by atoms with Gasteiger partial charge in [-0.2, -0.15) is 0 Å². The fourth-order valence-electron chi connectivity index (χ4n) is 4.34. The topological polar surface area (TPSA) is 116 Å². The quantitative estimate of drug-likeness (QED) is 0.472. The summed E-state index contributed by atoms with van der Waals surface area (Å²) < 4.78 is 28.2. The van der Waals surface area contributed by atoms with Crippen LogP contribution in [0.2, 0.25) is 0 Å². The van der Waals surface area contributed by atoms with Crippen molar-refractivity contribution in [2.24, 2.45) is 5.92 Å². The Labute approximate surface area is 191 Å². The molecule has 1 aromatic carbocycles. The van der Waals surface area contributed by atoms with Crippen LogP contribution in [-0.4, -0.2) is 45.4 Å². The first-order valence-corrected chi connectivity index (χ1v) is 13.2. The Morgan fingerprint density at radius 1 is 1.06 bits per heavy atom. The Kier molecular flexibility index (Phi) is 8.53. The molecule has 2 fully saturated rings. The van der Waals surface area contributed by atoms with Crippen molar-refractivity contribution in [3.8, 4) is 0 Å². The van der Waals surface area contributed by atoms with Gasteiger partial charge in [0.1, 0.15) is 6.04 Å². The number of anilines is 1. The van der Waals surface area contributed by atoms with Crippen molar-refractivity contribution in [1.29, 1.82) is 0 Å². The van der Waals surface area contributed by atoms with Crippen LogP contribution in [0.3, 0.4) is 0 Å². The highest BCUT2D eigenvalue weighted by Crippen LogP contribution is 2.25. The molecule has 178 valence electrons. The second kappa shape index (κ2) is 11.1. The van der Waals surface area contributed by atoms with Crippen LogP contribution in [0.25, 0.3) is 0 Å². The standard InChI is InChI=1S/C23H36N4O4S/c1-16(2)27-32(30,31)20-13-18(22(28)26-21-10-6-7-11-24-23(21)29)12-19(14-20)25-15-17-8-4-3-5-9-17/h12-14,16-17,21,25,27H,3-11,15H2,1-2H3,(H,24,29)(H,26,28)/t21-/m0/s1. The third kappa shape index (κ3) is 6.93. The van der Waals surface area contributed by atoms with Crippen molar-refractivity contribution in [1.82, 2.24) is 15.4 Å². The molecule has 0 aromatic heterocycles. The fraction of sp³-hybridized carbons (Fsp3) is 0.652. The summed E-state index contributed by atoms with van der Waals surface area (Å²) in [5.41, 5.74) is 0.817. The molecule has 1 saturated carbocycles. The lowest BCUT2D eigenvalue weighted by Crippen LogP contribution is -2.45. The monoisotopic (exact) mass is 464 g/mol. The maximum Gasteiger partial charge on any atom is 0.252 e. The van der Waals surface area contributed by atoms with Crippen molar-refractivity contribution in [3.05, 3.63) is 23.8 Å². The minimum Gasteiger partial charge on any atom is -0.385 e. The normalized spacial score (nSPS) is 20.5. The summed E-state index contributed by atoms with van der Waals surface area (Å²) in [4.78, 5) is 25.3. The summed E-state index contributed by atoms with van der Waals surface area (Å²) in [6, 6.07) is 3.73. The van der Waals surface area contributed by atoms with Crippen LogP contribution < -0.4 is 20.7 Å². The summed E-state index contributed by atoms with van der Waals surface area (Å²) in [5.74, 6) is -0.101. The zero-order valence-corrected chi connectivity index (χ0v) is 19.9. The Morgan fingerprint density at radius 2 is 1.78 bits per heavy atom. The average molecular weight is 465 g/mol. The van der Waals surface area contributed by atoms with Gasteiger partial charge in [-0.1, -0.05) is 19.3 Å². The molecule has 4 N–H and O–H groups in total. The van der Waals surface area contributed by atoms with E-state index in [1.54, 1.807) is 26.0 Å². The number of rotatable bonds is 8. The van der Waals surface area contributed by atoms with Crippen molar-refractivity contribution in [2.75, 3.05) is 18.4 Å². The van der Waals surface area contributed by atoms with Gasteiger partial charge in [-0.25, -0.2) is 13.1 Å². The lowest BCUT2D eigenvalue weighted by atomic mass is 9.89. The SMILES string of the molecule is CC(C)NS(=O)(=O)c1cc(NCC2CCCCC2)cc(C(=O)N[C@H]2CCCCNC2=O)c1. The van der Waals surface area contributed by atoms with E-state index in [2.05, 4.69) is 20.7 Å². The minimum absolute atomic E-state index is 0.0373. The predicted molar refractivity (Wildman–Crippen MR) is 125 cm³/mol. The van der Waals surface area contributed by atoms with Crippen LogP contribution in [0.4, 0.5) is 5.69 Å². The van der Waals surface area contributed by atoms with Crippen molar-refractivity contribution in [2.45, 2.75) is 82.2 Å². The first kappa shape index (κ1) is 24.5. The molecule has 1 atom stereocenters. The highest BCUT2D eigenvalue weighted by Gasteiger charge is 2.25. The highest BCUT2D eigenvalue weighted by molar-refractivity contribution is 7.89. The first-order chi connectivity index (χ1) is 15.2. The van der Waals surface area contributed by atoms with E-state index >= 15 is 0 Å². The second-order valence-electron chi connectivity index (χ2n) is 9.22. The molecule has 32 heavy (non-hydrogen) atoms. The van der Waals surface area contributed by atoms with Gasteiger partial charge in [0.05, 0.1) is 4.90 Å². The van der Waals surface area contributed by atoms with Crippen LogP contribution in [0, 0.1) is 5.92 Å². The molecule has 8 nitrogen and oxygen atoms in total. The highest BCUT2D eigenvalue weighted by atomic mass is 32.2. The molecule has 0 unspecified atom stereocenters. The maximum atomic E-state index is 13.0. The Bertz CT molecular complexity index is 911. The molecule has 0 bridgehead atoms. The predicted octanol–water partition coefficient (Wildman–Crippen LogP) is 2.76. The van der Waals surface area contributed by atoms with Crippen molar-refractivity contribution in [3.63, 3.8) is 0 Å². The number of benzene rings is 1. The third-order valence-electron chi connectivity index (χ3n) is 6.03. The van der Waals surface area contributed by atoms with Gasteiger partial charge in [0.2, 0.25) is 15.9 Å². The second-order valence-corrected chi connectivity index (χ2v) is 10.9. The Balaban J connectivity index is 1.83.